The zero-order valence-electron chi connectivity index (χ0n) is 12.0. The van der Waals surface area contributed by atoms with Gasteiger partial charge in [-0.1, -0.05) is 12.1 Å². The highest BCUT2D eigenvalue weighted by atomic mass is 32.2. The molecule has 1 amide bonds. The number of ether oxygens (including phenoxy) is 1. The number of rotatable bonds is 6. The van der Waals surface area contributed by atoms with Gasteiger partial charge < -0.3 is 10.5 Å². The second-order valence-corrected chi connectivity index (χ2v) is 6.11. The largest absolute Gasteiger partial charge is 0.377 e. The second kappa shape index (κ2) is 6.61. The SMILES string of the molecule is CSc1ccc(C(C)(NCC2CCCO2)C(N)=O)cc1. The number of primary amides is 1. The van der Waals surface area contributed by atoms with E-state index in [-0.39, 0.29) is 12.0 Å². The Morgan fingerprint density at radius 3 is 2.70 bits per heavy atom. The molecule has 1 aliphatic heterocycles. The molecule has 110 valence electrons. The van der Waals surface area contributed by atoms with E-state index < -0.39 is 5.54 Å². The van der Waals surface area contributed by atoms with Gasteiger partial charge in [-0.25, -0.2) is 0 Å². The number of nitrogens with one attached hydrogen (secondary N) is 1. The molecule has 4 nitrogen and oxygen atoms in total. The number of nitrogens with two attached hydrogens (primary N) is 1. The van der Waals surface area contributed by atoms with E-state index in [1.165, 1.54) is 4.90 Å². The first-order chi connectivity index (χ1) is 9.56. The molecule has 0 spiro atoms. The van der Waals surface area contributed by atoms with Gasteiger partial charge >= 0.3 is 0 Å². The maximum Gasteiger partial charge on any atom is 0.242 e. The van der Waals surface area contributed by atoms with Gasteiger partial charge in [0, 0.05) is 18.0 Å². The smallest absolute Gasteiger partial charge is 0.242 e. The van der Waals surface area contributed by atoms with Crippen molar-refractivity contribution in [3.8, 4) is 0 Å². The van der Waals surface area contributed by atoms with Crippen LogP contribution in [0.5, 0.6) is 0 Å². The summed E-state index contributed by atoms with van der Waals surface area (Å²) in [7, 11) is 0. The Labute approximate surface area is 124 Å². The Balaban J connectivity index is 2.12. The van der Waals surface area contributed by atoms with Crippen LogP contribution in [0.25, 0.3) is 0 Å². The van der Waals surface area contributed by atoms with Gasteiger partial charge in [0.1, 0.15) is 5.54 Å². The van der Waals surface area contributed by atoms with Crippen molar-refractivity contribution >= 4 is 17.7 Å². The number of hydrogen-bond donors (Lipinski definition) is 2. The zero-order chi connectivity index (χ0) is 14.6. The first-order valence-corrected chi connectivity index (χ1v) is 8.10. The fourth-order valence-corrected chi connectivity index (χ4v) is 2.79. The fraction of sp³-hybridized carbons (Fsp3) is 0.533. The lowest BCUT2D eigenvalue weighted by Gasteiger charge is -2.29. The van der Waals surface area contributed by atoms with Gasteiger partial charge in [-0.05, 0) is 43.7 Å². The monoisotopic (exact) mass is 294 g/mol. The van der Waals surface area contributed by atoms with Crippen LogP contribution in [-0.2, 0) is 15.1 Å². The Bertz CT molecular complexity index is 457. The normalized spacial score (nSPS) is 21.6. The third-order valence-electron chi connectivity index (χ3n) is 3.87. The summed E-state index contributed by atoms with van der Waals surface area (Å²) in [6.07, 6.45) is 4.33. The molecule has 0 bridgehead atoms. The van der Waals surface area contributed by atoms with Crippen molar-refractivity contribution in [2.75, 3.05) is 19.4 Å². The van der Waals surface area contributed by atoms with Gasteiger partial charge in [0.15, 0.2) is 0 Å². The predicted molar refractivity (Wildman–Crippen MR) is 81.7 cm³/mol. The van der Waals surface area contributed by atoms with Gasteiger partial charge in [0.25, 0.3) is 0 Å². The minimum atomic E-state index is -0.858. The molecule has 1 aromatic rings. The van der Waals surface area contributed by atoms with E-state index in [2.05, 4.69) is 5.32 Å². The lowest BCUT2D eigenvalue weighted by molar-refractivity contribution is -0.124. The summed E-state index contributed by atoms with van der Waals surface area (Å²) in [6, 6.07) is 7.93. The molecular weight excluding hydrogens is 272 g/mol. The molecule has 0 saturated carbocycles. The van der Waals surface area contributed by atoms with Crippen LogP contribution in [0.15, 0.2) is 29.2 Å². The Hall–Kier alpha value is -1.04. The maximum absolute atomic E-state index is 11.9. The van der Waals surface area contributed by atoms with Gasteiger partial charge in [-0.2, -0.15) is 0 Å². The summed E-state index contributed by atoms with van der Waals surface area (Å²) in [5.74, 6) is -0.368. The molecule has 1 aromatic carbocycles. The summed E-state index contributed by atoms with van der Waals surface area (Å²) < 4.78 is 5.58. The van der Waals surface area contributed by atoms with Crippen LogP contribution in [0.2, 0.25) is 0 Å². The third-order valence-corrected chi connectivity index (χ3v) is 4.61. The van der Waals surface area contributed by atoms with Crippen molar-refractivity contribution in [3.05, 3.63) is 29.8 Å². The molecule has 1 aliphatic rings. The highest BCUT2D eigenvalue weighted by molar-refractivity contribution is 7.98. The molecule has 2 unspecified atom stereocenters. The number of hydrogen-bond acceptors (Lipinski definition) is 4. The number of thioether (sulfide) groups is 1. The molecule has 2 rings (SSSR count). The molecule has 2 atom stereocenters. The lowest BCUT2D eigenvalue weighted by Crippen LogP contribution is -2.52. The molecule has 5 heteroatoms. The quantitative estimate of drug-likeness (QED) is 0.786. The van der Waals surface area contributed by atoms with E-state index in [9.17, 15) is 4.79 Å². The van der Waals surface area contributed by atoms with Crippen molar-refractivity contribution in [2.45, 2.75) is 36.3 Å². The van der Waals surface area contributed by atoms with E-state index in [1.54, 1.807) is 11.8 Å². The number of benzene rings is 1. The van der Waals surface area contributed by atoms with Gasteiger partial charge in [-0.15, -0.1) is 11.8 Å². The molecule has 0 aromatic heterocycles. The lowest BCUT2D eigenvalue weighted by atomic mass is 9.91. The Kier molecular flexibility index (Phi) is 5.07. The van der Waals surface area contributed by atoms with Crippen LogP contribution < -0.4 is 11.1 Å². The van der Waals surface area contributed by atoms with Gasteiger partial charge in [-0.3, -0.25) is 10.1 Å². The highest BCUT2D eigenvalue weighted by Crippen LogP contribution is 2.24. The molecule has 0 radical (unpaired) electrons. The highest BCUT2D eigenvalue weighted by Gasteiger charge is 2.33. The van der Waals surface area contributed by atoms with Crippen molar-refractivity contribution in [1.29, 1.82) is 0 Å². The maximum atomic E-state index is 11.9. The van der Waals surface area contributed by atoms with E-state index in [0.29, 0.717) is 6.54 Å². The number of amides is 1. The van der Waals surface area contributed by atoms with E-state index in [0.717, 1.165) is 25.0 Å². The van der Waals surface area contributed by atoms with E-state index >= 15 is 0 Å². The Morgan fingerprint density at radius 2 is 2.20 bits per heavy atom. The molecule has 0 aliphatic carbocycles. The van der Waals surface area contributed by atoms with Crippen molar-refractivity contribution in [3.63, 3.8) is 0 Å². The Morgan fingerprint density at radius 1 is 1.50 bits per heavy atom. The summed E-state index contributed by atoms with van der Waals surface area (Å²) in [4.78, 5) is 13.1. The van der Waals surface area contributed by atoms with Crippen LogP contribution in [0.3, 0.4) is 0 Å². The average Bonchev–Trinajstić information content (AvgIpc) is 2.98. The molecular formula is C15H22N2O2S. The first-order valence-electron chi connectivity index (χ1n) is 6.87. The van der Waals surface area contributed by atoms with Crippen LogP contribution in [0.1, 0.15) is 25.3 Å². The molecule has 1 fully saturated rings. The van der Waals surface area contributed by atoms with Crippen LogP contribution in [0, 0.1) is 0 Å². The topological polar surface area (TPSA) is 64.3 Å². The molecule has 1 saturated heterocycles. The minimum absolute atomic E-state index is 0.180. The van der Waals surface area contributed by atoms with E-state index in [1.807, 2.05) is 37.4 Å². The summed E-state index contributed by atoms with van der Waals surface area (Å²) >= 11 is 1.67. The van der Waals surface area contributed by atoms with Crippen molar-refractivity contribution in [2.24, 2.45) is 5.73 Å². The number of carbonyl (C=O) groups is 1. The minimum Gasteiger partial charge on any atom is -0.377 e. The second-order valence-electron chi connectivity index (χ2n) is 5.23. The zero-order valence-corrected chi connectivity index (χ0v) is 12.8. The summed E-state index contributed by atoms with van der Waals surface area (Å²) in [6.45, 7) is 3.28. The van der Waals surface area contributed by atoms with Crippen LogP contribution in [-0.4, -0.2) is 31.4 Å². The van der Waals surface area contributed by atoms with Crippen molar-refractivity contribution < 1.29 is 9.53 Å². The molecule has 3 N–H and O–H groups in total. The van der Waals surface area contributed by atoms with Crippen LogP contribution in [0.4, 0.5) is 0 Å². The van der Waals surface area contributed by atoms with E-state index in [4.69, 9.17) is 10.5 Å². The standard InChI is InChI=1S/C15H22N2O2S/c1-15(14(16)18,17-10-12-4-3-9-19-12)11-5-7-13(20-2)8-6-11/h5-8,12,17H,3-4,9-10H2,1-2H3,(H2,16,18). The van der Waals surface area contributed by atoms with Gasteiger partial charge in [0.05, 0.1) is 6.10 Å². The molecule has 1 heterocycles. The number of carbonyl (C=O) groups excluding carboxylic acids is 1. The predicted octanol–water partition coefficient (Wildman–Crippen LogP) is 1.88. The summed E-state index contributed by atoms with van der Waals surface area (Å²) in [5, 5.41) is 3.28. The van der Waals surface area contributed by atoms with Gasteiger partial charge in [0.2, 0.25) is 5.91 Å². The average molecular weight is 294 g/mol. The molecule has 20 heavy (non-hydrogen) atoms. The summed E-state index contributed by atoms with van der Waals surface area (Å²) in [5.41, 5.74) is 5.64. The third kappa shape index (κ3) is 3.34. The van der Waals surface area contributed by atoms with Crippen LogP contribution >= 0.6 is 11.8 Å². The van der Waals surface area contributed by atoms with Crippen molar-refractivity contribution in [1.82, 2.24) is 5.32 Å². The fourth-order valence-electron chi connectivity index (χ4n) is 2.38. The first kappa shape index (κ1) is 15.4.